The molecular formula is C22H27N3O3. The molecule has 1 aliphatic carbocycles. The number of hydrogen-bond donors (Lipinski definition) is 0. The largest absolute Gasteiger partial charge is 0.485 e. The molecule has 6 nitrogen and oxygen atoms in total. The van der Waals surface area contributed by atoms with Crippen molar-refractivity contribution in [3.8, 4) is 11.5 Å². The molecule has 1 aromatic carbocycles. The molecule has 1 saturated heterocycles. The number of carbonyl (C=O) groups excluding carboxylic acids is 1. The molecule has 5 rings (SSSR count). The van der Waals surface area contributed by atoms with Gasteiger partial charge in [0.2, 0.25) is 6.10 Å². The fourth-order valence-corrected chi connectivity index (χ4v) is 4.32. The molecule has 0 radical (unpaired) electrons. The Bertz CT molecular complexity index is 866. The van der Waals surface area contributed by atoms with Crippen molar-refractivity contribution in [1.29, 1.82) is 0 Å². The van der Waals surface area contributed by atoms with Crippen LogP contribution < -0.4 is 9.47 Å². The predicted molar refractivity (Wildman–Crippen MR) is 105 cm³/mol. The highest BCUT2D eigenvalue weighted by Gasteiger charge is 2.34. The smallest absolute Gasteiger partial charge is 0.267 e. The van der Waals surface area contributed by atoms with Gasteiger partial charge in [-0.05, 0) is 50.7 Å². The van der Waals surface area contributed by atoms with Crippen LogP contribution in [0.5, 0.6) is 11.5 Å². The van der Waals surface area contributed by atoms with Crippen LogP contribution in [0, 0.1) is 12.8 Å². The van der Waals surface area contributed by atoms with Crippen molar-refractivity contribution in [1.82, 2.24) is 14.5 Å². The van der Waals surface area contributed by atoms with Gasteiger partial charge in [0.1, 0.15) is 12.4 Å². The molecule has 1 saturated carbocycles. The number of rotatable bonds is 4. The molecule has 3 aliphatic rings. The Morgan fingerprint density at radius 3 is 2.64 bits per heavy atom. The highest BCUT2D eigenvalue weighted by Crippen LogP contribution is 2.40. The van der Waals surface area contributed by atoms with Gasteiger partial charge in [0.15, 0.2) is 11.5 Å². The maximum atomic E-state index is 12.9. The molecule has 6 heteroatoms. The molecule has 0 spiro atoms. The van der Waals surface area contributed by atoms with Crippen molar-refractivity contribution in [2.75, 3.05) is 19.7 Å². The van der Waals surface area contributed by atoms with Crippen LogP contribution in [0.4, 0.5) is 0 Å². The number of hydrogen-bond acceptors (Lipinski definition) is 4. The van der Waals surface area contributed by atoms with Crippen LogP contribution in [0.1, 0.15) is 43.1 Å². The quantitative estimate of drug-likeness (QED) is 0.816. The maximum Gasteiger partial charge on any atom is 0.267 e. The molecule has 148 valence electrons. The van der Waals surface area contributed by atoms with Crippen LogP contribution in [-0.4, -0.2) is 46.2 Å². The van der Waals surface area contributed by atoms with Crippen molar-refractivity contribution < 1.29 is 14.3 Å². The van der Waals surface area contributed by atoms with Crippen LogP contribution in [0.15, 0.2) is 30.5 Å². The van der Waals surface area contributed by atoms with Crippen LogP contribution >= 0.6 is 0 Å². The van der Waals surface area contributed by atoms with E-state index in [1.54, 1.807) is 0 Å². The van der Waals surface area contributed by atoms with E-state index >= 15 is 0 Å². The Labute approximate surface area is 165 Å². The van der Waals surface area contributed by atoms with Crippen LogP contribution in [-0.2, 0) is 11.3 Å². The zero-order valence-electron chi connectivity index (χ0n) is 16.3. The summed E-state index contributed by atoms with van der Waals surface area (Å²) in [6.07, 6.45) is 6.06. The van der Waals surface area contributed by atoms with E-state index in [2.05, 4.69) is 16.5 Å². The molecule has 0 N–H and O–H groups in total. The number of aromatic nitrogens is 2. The van der Waals surface area contributed by atoms with E-state index in [0.29, 0.717) is 23.3 Å². The molecule has 1 amide bonds. The first-order valence-electron chi connectivity index (χ1n) is 10.4. The van der Waals surface area contributed by atoms with Gasteiger partial charge in [0, 0.05) is 37.4 Å². The number of fused-ring (bicyclic) bond motifs is 1. The van der Waals surface area contributed by atoms with Crippen molar-refractivity contribution >= 4 is 5.91 Å². The zero-order valence-corrected chi connectivity index (χ0v) is 16.3. The van der Waals surface area contributed by atoms with Gasteiger partial charge < -0.3 is 18.9 Å². The second-order valence-corrected chi connectivity index (χ2v) is 8.28. The minimum atomic E-state index is -0.538. The normalized spacial score (nSPS) is 22.3. The highest BCUT2D eigenvalue weighted by molar-refractivity contribution is 5.82. The summed E-state index contributed by atoms with van der Waals surface area (Å²) in [6.45, 7) is 5.04. The van der Waals surface area contributed by atoms with E-state index in [4.69, 9.17) is 9.47 Å². The third-order valence-corrected chi connectivity index (χ3v) is 6.18. The Hall–Kier alpha value is -2.50. The van der Waals surface area contributed by atoms with Gasteiger partial charge in [-0.3, -0.25) is 4.79 Å². The Balaban J connectivity index is 1.17. The van der Waals surface area contributed by atoms with E-state index in [9.17, 15) is 4.79 Å². The summed E-state index contributed by atoms with van der Waals surface area (Å²) < 4.78 is 14.0. The predicted octanol–water partition coefficient (Wildman–Crippen LogP) is 3.15. The minimum Gasteiger partial charge on any atom is -0.485 e. The van der Waals surface area contributed by atoms with Crippen molar-refractivity contribution in [2.45, 2.75) is 51.2 Å². The second-order valence-electron chi connectivity index (χ2n) is 8.28. The van der Waals surface area contributed by atoms with Gasteiger partial charge in [0.05, 0.1) is 0 Å². The number of benzene rings is 1. The van der Waals surface area contributed by atoms with E-state index in [1.807, 2.05) is 35.4 Å². The Kier molecular flexibility index (Phi) is 4.49. The third-order valence-electron chi connectivity index (χ3n) is 6.18. The molecule has 2 aromatic rings. The number of ether oxygens (including phenoxy) is 2. The molecule has 2 fully saturated rings. The van der Waals surface area contributed by atoms with Crippen LogP contribution in [0.25, 0.3) is 0 Å². The fourth-order valence-electron chi connectivity index (χ4n) is 4.32. The molecule has 1 aromatic heterocycles. The number of nitrogens with zero attached hydrogens (tertiary/aromatic N) is 3. The molecule has 28 heavy (non-hydrogen) atoms. The monoisotopic (exact) mass is 381 g/mol. The van der Waals surface area contributed by atoms with Gasteiger partial charge in [0.25, 0.3) is 5.91 Å². The van der Waals surface area contributed by atoms with E-state index in [-0.39, 0.29) is 12.5 Å². The first-order chi connectivity index (χ1) is 13.7. The van der Waals surface area contributed by atoms with Crippen molar-refractivity contribution in [2.24, 2.45) is 5.92 Å². The van der Waals surface area contributed by atoms with Crippen LogP contribution in [0.2, 0.25) is 0 Å². The van der Waals surface area contributed by atoms with Gasteiger partial charge in [-0.2, -0.15) is 0 Å². The second kappa shape index (κ2) is 7.15. The summed E-state index contributed by atoms with van der Waals surface area (Å²) in [4.78, 5) is 19.5. The van der Waals surface area contributed by atoms with Gasteiger partial charge in [-0.25, -0.2) is 4.98 Å². The Morgan fingerprint density at radius 1 is 1.14 bits per heavy atom. The summed E-state index contributed by atoms with van der Waals surface area (Å²) in [5.41, 5.74) is 1.26. The molecule has 2 aliphatic heterocycles. The number of carbonyl (C=O) groups is 1. The number of aryl methyl sites for hydroxylation is 1. The highest BCUT2D eigenvalue weighted by atomic mass is 16.6. The summed E-state index contributed by atoms with van der Waals surface area (Å²) in [5, 5.41) is 0. The number of amides is 1. The van der Waals surface area contributed by atoms with Gasteiger partial charge >= 0.3 is 0 Å². The van der Waals surface area contributed by atoms with Crippen molar-refractivity contribution in [3.63, 3.8) is 0 Å². The van der Waals surface area contributed by atoms with E-state index < -0.39 is 6.10 Å². The minimum absolute atomic E-state index is 0.0467. The first-order valence-corrected chi connectivity index (χ1v) is 10.4. The lowest BCUT2D eigenvalue weighted by Crippen LogP contribution is -2.49. The van der Waals surface area contributed by atoms with Crippen molar-refractivity contribution in [3.05, 3.63) is 42.0 Å². The number of imidazole rings is 1. The van der Waals surface area contributed by atoms with Gasteiger partial charge in [-0.1, -0.05) is 12.1 Å². The Morgan fingerprint density at radius 2 is 1.89 bits per heavy atom. The molecule has 0 bridgehead atoms. The molecule has 1 atom stereocenters. The summed E-state index contributed by atoms with van der Waals surface area (Å²) >= 11 is 0. The zero-order chi connectivity index (χ0) is 19.1. The topological polar surface area (TPSA) is 56.6 Å². The summed E-state index contributed by atoms with van der Waals surface area (Å²) in [6, 6.07) is 7.53. The lowest BCUT2D eigenvalue weighted by Gasteiger charge is -2.35. The average molecular weight is 381 g/mol. The maximum absolute atomic E-state index is 12.9. The first kappa shape index (κ1) is 17.6. The van der Waals surface area contributed by atoms with Gasteiger partial charge in [-0.15, -0.1) is 0 Å². The number of para-hydroxylation sites is 2. The van der Waals surface area contributed by atoms with Crippen LogP contribution in [0.3, 0.4) is 0 Å². The summed E-state index contributed by atoms with van der Waals surface area (Å²) in [5.74, 6) is 3.95. The number of likely N-dealkylation sites (tertiary alicyclic amines) is 1. The SMILES string of the molecule is Cc1cnc(C2CC2)n1CC1CCN(C(=O)C2COc3ccccc3O2)CC1. The van der Waals surface area contributed by atoms with E-state index in [0.717, 1.165) is 32.5 Å². The molecule has 1 unspecified atom stereocenters. The fraction of sp³-hybridized carbons (Fsp3) is 0.545. The third kappa shape index (κ3) is 3.36. The molecule has 3 heterocycles. The van der Waals surface area contributed by atoms with E-state index in [1.165, 1.54) is 24.4 Å². The lowest BCUT2D eigenvalue weighted by atomic mass is 9.96. The standard InChI is InChI=1S/C22H27N3O3/c1-15-12-23-21(17-6-7-17)25(15)13-16-8-10-24(11-9-16)22(26)20-14-27-18-4-2-3-5-19(18)28-20/h2-5,12,16-17,20H,6-11,13-14H2,1H3. The lowest BCUT2D eigenvalue weighted by molar-refractivity contribution is -0.142. The number of piperidine rings is 1. The summed E-state index contributed by atoms with van der Waals surface area (Å²) in [7, 11) is 0. The molecular weight excluding hydrogens is 354 g/mol. The average Bonchev–Trinajstić information content (AvgIpc) is 3.52.